The highest BCUT2D eigenvalue weighted by molar-refractivity contribution is 6.34. The molecule has 1 saturated carbocycles. The lowest BCUT2D eigenvalue weighted by molar-refractivity contribution is 0.0991. The molecule has 2 aromatic rings. The average Bonchev–Trinajstić information content (AvgIpc) is 3.12. The van der Waals surface area contributed by atoms with Gasteiger partial charge in [0.1, 0.15) is 5.82 Å². The van der Waals surface area contributed by atoms with Crippen molar-refractivity contribution >= 4 is 17.4 Å². The molecule has 1 aliphatic rings. The Morgan fingerprint density at radius 1 is 1.33 bits per heavy atom. The van der Waals surface area contributed by atoms with Crippen molar-refractivity contribution in [1.29, 1.82) is 0 Å². The first-order valence-electron chi connectivity index (χ1n) is 7.16. The molecule has 1 fully saturated rings. The molecule has 110 valence electrons. The highest BCUT2D eigenvalue weighted by atomic mass is 35.5. The molecule has 0 aliphatic heterocycles. The minimum atomic E-state index is -0.570. The van der Waals surface area contributed by atoms with Crippen molar-refractivity contribution in [3.8, 4) is 0 Å². The Bertz CT molecular complexity index is 662. The number of benzene rings is 1. The third-order valence-corrected chi connectivity index (χ3v) is 4.34. The van der Waals surface area contributed by atoms with E-state index in [0.29, 0.717) is 11.7 Å². The molecule has 0 bridgehead atoms. The van der Waals surface area contributed by atoms with Crippen LogP contribution >= 0.6 is 11.6 Å². The maximum absolute atomic E-state index is 13.4. The fourth-order valence-corrected chi connectivity index (χ4v) is 3.05. The molecule has 0 saturated heterocycles. The van der Waals surface area contributed by atoms with Crippen LogP contribution in [-0.2, 0) is 6.42 Å². The zero-order valence-corrected chi connectivity index (χ0v) is 12.3. The standard InChI is InChI=1S/C16H16ClFN2O/c17-16-13(6-3-7-14(16)18)15(21)10-11-8-9-20(19-11)12-4-1-2-5-12/h3,6-9,12H,1-2,4-5,10H2. The topological polar surface area (TPSA) is 34.9 Å². The van der Waals surface area contributed by atoms with Crippen molar-refractivity contribution in [1.82, 2.24) is 9.78 Å². The predicted molar refractivity (Wildman–Crippen MR) is 79.2 cm³/mol. The Hall–Kier alpha value is -1.68. The van der Waals surface area contributed by atoms with Gasteiger partial charge in [-0.3, -0.25) is 9.48 Å². The van der Waals surface area contributed by atoms with Crippen LogP contribution in [0.4, 0.5) is 4.39 Å². The van der Waals surface area contributed by atoms with E-state index >= 15 is 0 Å². The van der Waals surface area contributed by atoms with Gasteiger partial charge in [-0.2, -0.15) is 5.10 Å². The van der Waals surface area contributed by atoms with Crippen LogP contribution < -0.4 is 0 Å². The number of hydrogen-bond donors (Lipinski definition) is 0. The second-order valence-electron chi connectivity index (χ2n) is 5.43. The molecule has 0 amide bonds. The number of nitrogens with zero attached hydrogens (tertiary/aromatic N) is 2. The zero-order chi connectivity index (χ0) is 14.8. The van der Waals surface area contributed by atoms with Gasteiger partial charge in [-0.1, -0.05) is 30.5 Å². The second kappa shape index (κ2) is 5.98. The summed E-state index contributed by atoms with van der Waals surface area (Å²) in [5, 5.41) is 4.36. The van der Waals surface area contributed by atoms with Crippen molar-refractivity contribution in [2.75, 3.05) is 0 Å². The number of ketones is 1. The van der Waals surface area contributed by atoms with E-state index in [1.54, 1.807) is 6.07 Å². The van der Waals surface area contributed by atoms with Crippen molar-refractivity contribution in [2.24, 2.45) is 0 Å². The lowest BCUT2D eigenvalue weighted by Gasteiger charge is -2.08. The fourth-order valence-electron chi connectivity index (χ4n) is 2.82. The summed E-state index contributed by atoms with van der Waals surface area (Å²) in [5.41, 5.74) is 0.916. The third-order valence-electron chi connectivity index (χ3n) is 3.96. The van der Waals surface area contributed by atoms with Gasteiger partial charge < -0.3 is 0 Å². The number of rotatable bonds is 4. The summed E-state index contributed by atoms with van der Waals surface area (Å²) in [6, 6.07) is 6.58. The minimum Gasteiger partial charge on any atom is -0.294 e. The van der Waals surface area contributed by atoms with Crippen molar-refractivity contribution < 1.29 is 9.18 Å². The smallest absolute Gasteiger partial charge is 0.170 e. The van der Waals surface area contributed by atoms with E-state index in [0.717, 1.165) is 12.8 Å². The summed E-state index contributed by atoms with van der Waals surface area (Å²) >= 11 is 5.84. The average molecular weight is 307 g/mol. The van der Waals surface area contributed by atoms with Gasteiger partial charge in [-0.05, 0) is 31.0 Å². The first-order valence-corrected chi connectivity index (χ1v) is 7.54. The highest BCUT2D eigenvalue weighted by Gasteiger charge is 2.19. The van der Waals surface area contributed by atoms with Crippen LogP contribution in [0.1, 0.15) is 47.8 Å². The summed E-state index contributed by atoms with van der Waals surface area (Å²) in [4.78, 5) is 12.2. The van der Waals surface area contributed by atoms with E-state index in [2.05, 4.69) is 5.10 Å². The SMILES string of the molecule is O=C(Cc1ccn(C2CCCC2)n1)c1cccc(F)c1Cl. The van der Waals surface area contributed by atoms with Gasteiger partial charge in [0.2, 0.25) is 0 Å². The van der Waals surface area contributed by atoms with Gasteiger partial charge in [-0.25, -0.2) is 4.39 Å². The molecule has 1 aromatic carbocycles. The molecule has 0 spiro atoms. The monoisotopic (exact) mass is 306 g/mol. The Kier molecular flexibility index (Phi) is 4.06. The Labute approximate surface area is 127 Å². The van der Waals surface area contributed by atoms with E-state index in [9.17, 15) is 9.18 Å². The minimum absolute atomic E-state index is 0.113. The summed E-state index contributed by atoms with van der Waals surface area (Å²) < 4.78 is 15.3. The van der Waals surface area contributed by atoms with E-state index < -0.39 is 5.82 Å². The molecule has 3 nitrogen and oxygen atoms in total. The van der Waals surface area contributed by atoms with E-state index in [1.165, 1.54) is 25.0 Å². The molecular formula is C16H16ClFN2O. The Morgan fingerprint density at radius 2 is 2.10 bits per heavy atom. The van der Waals surface area contributed by atoms with Crippen LogP contribution in [0.3, 0.4) is 0 Å². The highest BCUT2D eigenvalue weighted by Crippen LogP contribution is 2.29. The number of carbonyl (C=O) groups is 1. The zero-order valence-electron chi connectivity index (χ0n) is 11.6. The maximum Gasteiger partial charge on any atom is 0.170 e. The molecule has 1 aliphatic carbocycles. The molecule has 21 heavy (non-hydrogen) atoms. The maximum atomic E-state index is 13.4. The van der Waals surface area contributed by atoms with E-state index in [4.69, 9.17) is 11.6 Å². The Morgan fingerprint density at radius 3 is 2.86 bits per heavy atom. The van der Waals surface area contributed by atoms with Crippen molar-refractivity contribution in [2.45, 2.75) is 38.1 Å². The molecule has 0 N–H and O–H groups in total. The van der Waals surface area contributed by atoms with Gasteiger partial charge in [0.25, 0.3) is 0 Å². The van der Waals surface area contributed by atoms with E-state index in [-0.39, 0.29) is 22.8 Å². The molecule has 3 rings (SSSR count). The second-order valence-corrected chi connectivity index (χ2v) is 5.80. The lowest BCUT2D eigenvalue weighted by Crippen LogP contribution is -2.09. The van der Waals surface area contributed by atoms with Crippen LogP contribution in [-0.4, -0.2) is 15.6 Å². The lowest BCUT2D eigenvalue weighted by atomic mass is 10.1. The quantitative estimate of drug-likeness (QED) is 0.793. The van der Waals surface area contributed by atoms with Gasteiger partial charge in [-0.15, -0.1) is 0 Å². The van der Waals surface area contributed by atoms with Crippen molar-refractivity contribution in [3.63, 3.8) is 0 Å². The number of halogens is 2. The van der Waals surface area contributed by atoms with Crippen molar-refractivity contribution in [3.05, 3.63) is 52.6 Å². The number of carbonyl (C=O) groups excluding carboxylic acids is 1. The first-order chi connectivity index (χ1) is 10.1. The largest absolute Gasteiger partial charge is 0.294 e. The van der Waals surface area contributed by atoms with E-state index in [1.807, 2.05) is 16.9 Å². The Balaban J connectivity index is 1.74. The normalized spacial score (nSPS) is 15.5. The summed E-state index contributed by atoms with van der Waals surface area (Å²) in [6.07, 6.45) is 6.82. The van der Waals surface area contributed by atoms with Crippen LogP contribution in [0.25, 0.3) is 0 Å². The molecule has 5 heteroatoms. The molecular weight excluding hydrogens is 291 g/mol. The molecule has 1 aromatic heterocycles. The van der Waals surface area contributed by atoms with Crippen LogP contribution in [0.5, 0.6) is 0 Å². The summed E-state index contributed by atoms with van der Waals surface area (Å²) in [5.74, 6) is -0.782. The molecule has 0 unspecified atom stereocenters. The number of hydrogen-bond acceptors (Lipinski definition) is 2. The molecule has 0 radical (unpaired) electrons. The number of Topliss-reactive ketones (excluding diaryl/α,β-unsaturated/α-hetero) is 1. The summed E-state index contributed by atoms with van der Waals surface area (Å²) in [6.45, 7) is 0. The summed E-state index contributed by atoms with van der Waals surface area (Å²) in [7, 11) is 0. The number of aromatic nitrogens is 2. The fraction of sp³-hybridized carbons (Fsp3) is 0.375. The van der Waals surface area contributed by atoms with Crippen LogP contribution in [0, 0.1) is 5.82 Å². The molecule has 0 atom stereocenters. The van der Waals surface area contributed by atoms with Crippen LogP contribution in [0.15, 0.2) is 30.5 Å². The van der Waals surface area contributed by atoms with Gasteiger partial charge >= 0.3 is 0 Å². The van der Waals surface area contributed by atoms with Gasteiger partial charge in [0.05, 0.1) is 23.2 Å². The first kappa shape index (κ1) is 14.3. The predicted octanol–water partition coefficient (Wildman–Crippen LogP) is 4.22. The molecule has 1 heterocycles. The van der Waals surface area contributed by atoms with Gasteiger partial charge in [0, 0.05) is 11.8 Å². The third kappa shape index (κ3) is 3.00. The van der Waals surface area contributed by atoms with Crippen LogP contribution in [0.2, 0.25) is 5.02 Å². The van der Waals surface area contributed by atoms with Gasteiger partial charge in [0.15, 0.2) is 5.78 Å².